The Hall–Kier alpha value is -2.53. The van der Waals surface area contributed by atoms with E-state index in [4.69, 9.17) is 0 Å². The summed E-state index contributed by atoms with van der Waals surface area (Å²) in [5, 5.41) is 0.682. The summed E-state index contributed by atoms with van der Waals surface area (Å²) in [5.74, 6) is 0. The summed E-state index contributed by atoms with van der Waals surface area (Å²) in [6.07, 6.45) is 4.28. The van der Waals surface area contributed by atoms with Crippen LogP contribution in [0.2, 0.25) is 0 Å². The highest BCUT2D eigenvalue weighted by Crippen LogP contribution is 2.08. The van der Waals surface area contributed by atoms with Gasteiger partial charge in [-0.05, 0) is 15.9 Å². The Balaban J connectivity index is 0.000000172. The van der Waals surface area contributed by atoms with Crippen molar-refractivity contribution in [3.8, 4) is 5.00 Å². The second-order valence-corrected chi connectivity index (χ2v) is 5.46. The van der Waals surface area contributed by atoms with E-state index in [9.17, 15) is 19.2 Å². The van der Waals surface area contributed by atoms with Crippen LogP contribution in [0.25, 0.3) is 5.00 Å². The summed E-state index contributed by atoms with van der Waals surface area (Å²) in [5.41, 5.74) is -0.142. The summed E-state index contributed by atoms with van der Waals surface area (Å²) in [7, 11) is 0. The smallest absolute Gasteiger partial charge is 0.313 e. The summed E-state index contributed by atoms with van der Waals surface area (Å²) in [6.45, 7) is 0. The van der Waals surface area contributed by atoms with Gasteiger partial charge in [-0.15, -0.1) is 11.3 Å². The molecule has 3 aromatic heterocycles. The lowest BCUT2D eigenvalue weighted by molar-refractivity contribution is 0.907. The standard InChI is InChI=1S/C7H5N3O2S.C4H3BrN2O2/c11-5-1-2-10(7(12)9-5)6-3-8-4-13-6;5-2-1-6-4(9)7-3(2)8/h1-4H,(H,9,11,12);1H,(H2,6,7,8,9). The zero-order valence-electron chi connectivity index (χ0n) is 10.7. The lowest BCUT2D eigenvalue weighted by Gasteiger charge is -1.97. The van der Waals surface area contributed by atoms with Crippen LogP contribution in [0.3, 0.4) is 0 Å². The van der Waals surface area contributed by atoms with E-state index in [1.165, 1.54) is 34.4 Å². The molecule has 0 saturated carbocycles. The number of thiazole rings is 1. The maximum atomic E-state index is 11.2. The number of nitrogens with one attached hydrogen (secondary N) is 3. The fraction of sp³-hybridized carbons (Fsp3) is 0. The maximum absolute atomic E-state index is 11.2. The average Bonchev–Trinajstić information content (AvgIpc) is 2.98. The van der Waals surface area contributed by atoms with Gasteiger partial charge in [0.2, 0.25) is 0 Å². The maximum Gasteiger partial charge on any atom is 0.333 e. The molecule has 0 saturated heterocycles. The molecule has 0 unspecified atom stereocenters. The third-order valence-corrected chi connectivity index (χ3v) is 3.61. The molecule has 114 valence electrons. The molecule has 0 radical (unpaired) electrons. The largest absolute Gasteiger partial charge is 0.333 e. The van der Waals surface area contributed by atoms with E-state index in [1.54, 1.807) is 11.7 Å². The van der Waals surface area contributed by atoms with Crippen molar-refractivity contribution in [3.63, 3.8) is 0 Å². The molecule has 22 heavy (non-hydrogen) atoms. The minimum absolute atomic E-state index is 0.321. The lowest BCUT2D eigenvalue weighted by Crippen LogP contribution is -2.26. The van der Waals surface area contributed by atoms with Gasteiger partial charge in [0.1, 0.15) is 5.00 Å². The first-order valence-electron chi connectivity index (χ1n) is 5.66. The molecular formula is C11H8BrN5O4S. The molecule has 0 aromatic carbocycles. The zero-order chi connectivity index (χ0) is 16.1. The van der Waals surface area contributed by atoms with Gasteiger partial charge in [0.05, 0.1) is 16.2 Å². The summed E-state index contributed by atoms with van der Waals surface area (Å²) >= 11 is 4.24. The average molecular weight is 386 g/mol. The van der Waals surface area contributed by atoms with E-state index in [2.05, 4.69) is 30.9 Å². The Morgan fingerprint density at radius 1 is 1.18 bits per heavy atom. The molecule has 0 amide bonds. The highest BCUT2D eigenvalue weighted by Gasteiger charge is 1.99. The van der Waals surface area contributed by atoms with Gasteiger partial charge in [-0.2, -0.15) is 0 Å². The predicted octanol–water partition coefficient (Wildman–Crippen LogP) is -0.192. The van der Waals surface area contributed by atoms with Crippen LogP contribution in [-0.2, 0) is 0 Å². The van der Waals surface area contributed by atoms with Gasteiger partial charge in [-0.1, -0.05) is 0 Å². The zero-order valence-corrected chi connectivity index (χ0v) is 13.1. The van der Waals surface area contributed by atoms with Crippen LogP contribution in [0.15, 0.2) is 53.8 Å². The van der Waals surface area contributed by atoms with Gasteiger partial charge >= 0.3 is 11.4 Å². The Morgan fingerprint density at radius 2 is 1.95 bits per heavy atom. The molecule has 3 N–H and O–H groups in total. The molecule has 9 nitrogen and oxygen atoms in total. The molecule has 3 rings (SSSR count). The molecule has 3 aromatic rings. The third kappa shape index (κ3) is 3.99. The minimum Gasteiger partial charge on any atom is -0.313 e. The van der Waals surface area contributed by atoms with Crippen molar-refractivity contribution < 1.29 is 0 Å². The molecule has 0 bridgehead atoms. The minimum atomic E-state index is -0.497. The van der Waals surface area contributed by atoms with E-state index >= 15 is 0 Å². The predicted molar refractivity (Wildman–Crippen MR) is 83.7 cm³/mol. The second kappa shape index (κ2) is 6.95. The second-order valence-electron chi connectivity index (χ2n) is 3.74. The molecule has 3 heterocycles. The molecule has 0 aliphatic heterocycles. The van der Waals surface area contributed by atoms with Crippen molar-refractivity contribution in [1.29, 1.82) is 0 Å². The molecule has 0 aliphatic rings. The Bertz CT molecular complexity index is 985. The first-order chi connectivity index (χ1) is 10.5. The van der Waals surface area contributed by atoms with Crippen LogP contribution in [0.1, 0.15) is 0 Å². The number of halogens is 1. The summed E-state index contributed by atoms with van der Waals surface area (Å²) in [6, 6.07) is 1.29. The summed E-state index contributed by atoms with van der Waals surface area (Å²) < 4.78 is 1.65. The van der Waals surface area contributed by atoms with Crippen LogP contribution >= 0.6 is 27.3 Å². The Labute approximate surface area is 133 Å². The molecule has 11 heteroatoms. The monoisotopic (exact) mass is 385 g/mol. The highest BCUT2D eigenvalue weighted by atomic mass is 79.9. The van der Waals surface area contributed by atoms with Crippen molar-refractivity contribution in [3.05, 3.63) is 76.3 Å². The van der Waals surface area contributed by atoms with E-state index < -0.39 is 22.5 Å². The van der Waals surface area contributed by atoms with Crippen LogP contribution in [0.5, 0.6) is 0 Å². The number of rotatable bonds is 1. The van der Waals surface area contributed by atoms with E-state index in [1.807, 2.05) is 4.98 Å². The fourth-order valence-electron chi connectivity index (χ4n) is 1.31. The Morgan fingerprint density at radius 3 is 2.50 bits per heavy atom. The van der Waals surface area contributed by atoms with Gasteiger partial charge in [0, 0.05) is 18.5 Å². The van der Waals surface area contributed by atoms with Crippen molar-refractivity contribution >= 4 is 27.3 Å². The Kier molecular flexibility index (Phi) is 5.01. The van der Waals surface area contributed by atoms with E-state index in [0.717, 1.165) is 0 Å². The van der Waals surface area contributed by atoms with Crippen molar-refractivity contribution in [2.75, 3.05) is 0 Å². The van der Waals surface area contributed by atoms with E-state index in [0.29, 0.717) is 9.47 Å². The van der Waals surface area contributed by atoms with Gasteiger partial charge < -0.3 is 4.98 Å². The molecule has 0 spiro atoms. The van der Waals surface area contributed by atoms with Crippen LogP contribution < -0.4 is 22.5 Å². The highest BCUT2D eigenvalue weighted by molar-refractivity contribution is 9.10. The van der Waals surface area contributed by atoms with Gasteiger partial charge in [0.25, 0.3) is 11.1 Å². The van der Waals surface area contributed by atoms with Crippen molar-refractivity contribution in [2.45, 2.75) is 0 Å². The quantitative estimate of drug-likeness (QED) is 0.533. The molecule has 0 aliphatic carbocycles. The van der Waals surface area contributed by atoms with Gasteiger partial charge in [0.15, 0.2) is 0 Å². The first-order valence-corrected chi connectivity index (χ1v) is 7.33. The lowest BCUT2D eigenvalue weighted by atomic mass is 10.6. The number of hydrogen-bond acceptors (Lipinski definition) is 6. The van der Waals surface area contributed by atoms with Crippen molar-refractivity contribution in [2.24, 2.45) is 0 Å². The van der Waals surface area contributed by atoms with Crippen molar-refractivity contribution in [1.82, 2.24) is 24.5 Å². The topological polar surface area (TPSA) is 133 Å². The van der Waals surface area contributed by atoms with E-state index in [-0.39, 0.29) is 0 Å². The van der Waals surface area contributed by atoms with Gasteiger partial charge in [-0.3, -0.25) is 29.1 Å². The number of aromatic amines is 3. The summed E-state index contributed by atoms with van der Waals surface area (Å²) in [4.78, 5) is 53.1. The van der Waals surface area contributed by atoms with Gasteiger partial charge in [-0.25, -0.2) is 9.59 Å². The van der Waals surface area contributed by atoms with Crippen LogP contribution in [0.4, 0.5) is 0 Å². The third-order valence-electron chi connectivity index (χ3n) is 2.25. The molecule has 0 fully saturated rings. The van der Waals surface area contributed by atoms with Crippen LogP contribution in [0, 0.1) is 0 Å². The normalized spacial score (nSPS) is 9.86. The fourth-order valence-corrected chi connectivity index (χ4v) is 2.13. The first kappa shape index (κ1) is 15.9. The SMILES string of the molecule is O=c1[nH]cc(Br)c(=O)[nH]1.O=c1ccn(-c2cncs2)c(=O)[nH]1. The number of hydrogen-bond donors (Lipinski definition) is 3. The number of nitrogens with zero attached hydrogens (tertiary/aromatic N) is 2. The molecular weight excluding hydrogens is 378 g/mol. The molecule has 0 atom stereocenters. The number of H-pyrrole nitrogens is 3. The van der Waals surface area contributed by atoms with Crippen LogP contribution in [-0.4, -0.2) is 24.5 Å². The number of aromatic nitrogens is 5.